The molecule has 1 rings (SSSR count). The first-order chi connectivity index (χ1) is 15.0. The Hall–Kier alpha value is -2.20. The lowest BCUT2D eigenvalue weighted by atomic mass is 10.00. The van der Waals surface area contributed by atoms with Crippen molar-refractivity contribution in [3.05, 3.63) is 0 Å². The predicted molar refractivity (Wildman–Crippen MR) is 121 cm³/mol. The zero-order chi connectivity index (χ0) is 24.4. The smallest absolute Gasteiger partial charge is 0.326 e. The monoisotopic (exact) mass is 455 g/mol. The third-order valence-electron chi connectivity index (χ3n) is 5.69. The normalized spacial score (nSPS) is 19.0. The molecule has 0 aliphatic carbocycles. The van der Waals surface area contributed by atoms with Gasteiger partial charge in [0.25, 0.3) is 0 Å². The Morgan fingerprint density at radius 3 is 2.25 bits per heavy atom. The van der Waals surface area contributed by atoms with E-state index in [0.717, 1.165) is 0 Å². The summed E-state index contributed by atoms with van der Waals surface area (Å²) < 4.78 is 0. The molecular weight excluding hydrogens is 414 g/mol. The van der Waals surface area contributed by atoms with Gasteiger partial charge in [-0.3, -0.25) is 14.4 Å². The first-order valence-corrected chi connectivity index (χ1v) is 11.6. The average molecular weight is 456 g/mol. The van der Waals surface area contributed by atoms with Crippen LogP contribution >= 0.6 is 0 Å². The summed E-state index contributed by atoms with van der Waals surface area (Å²) in [7, 11) is 0. The number of carboxylic acids is 1. The van der Waals surface area contributed by atoms with Crippen LogP contribution in [0.15, 0.2) is 0 Å². The van der Waals surface area contributed by atoms with Gasteiger partial charge < -0.3 is 32.1 Å². The molecule has 1 aliphatic heterocycles. The second-order valence-electron chi connectivity index (χ2n) is 9.34. The van der Waals surface area contributed by atoms with Crippen molar-refractivity contribution >= 4 is 23.7 Å². The van der Waals surface area contributed by atoms with Gasteiger partial charge in [0, 0.05) is 6.54 Å². The van der Waals surface area contributed by atoms with Crippen molar-refractivity contribution < 1.29 is 24.3 Å². The van der Waals surface area contributed by atoms with Crippen LogP contribution in [0.25, 0.3) is 0 Å². The minimum Gasteiger partial charge on any atom is -0.480 e. The van der Waals surface area contributed by atoms with Gasteiger partial charge in [0.2, 0.25) is 17.7 Å². The standard InChI is InChI=1S/C22H41N5O5/c1-13(2)12-15(24)19(28)25-16(8-5-6-10-23)20(29)26-18(14(3)4)21(30)27-11-7-9-17(27)22(31)32/h13-18H,5-12,23-24H2,1-4H3,(H,25,28)(H,26,29)(H,31,32). The number of unbranched alkanes of at least 4 members (excludes halogenated alkanes) is 1. The van der Waals surface area contributed by atoms with E-state index < -0.39 is 47.9 Å². The van der Waals surface area contributed by atoms with Crippen LogP contribution in [0, 0.1) is 11.8 Å². The summed E-state index contributed by atoms with van der Waals surface area (Å²) in [6.45, 7) is 8.30. The molecule has 10 nitrogen and oxygen atoms in total. The molecule has 1 heterocycles. The van der Waals surface area contributed by atoms with E-state index in [9.17, 15) is 24.3 Å². The van der Waals surface area contributed by atoms with Crippen LogP contribution in [-0.2, 0) is 19.2 Å². The largest absolute Gasteiger partial charge is 0.480 e. The minimum atomic E-state index is -1.05. The molecule has 0 aromatic rings. The lowest BCUT2D eigenvalue weighted by Crippen LogP contribution is -2.58. The summed E-state index contributed by atoms with van der Waals surface area (Å²) in [6, 6.07) is -3.35. The Morgan fingerprint density at radius 2 is 1.72 bits per heavy atom. The molecule has 0 spiro atoms. The fraction of sp³-hybridized carbons (Fsp3) is 0.818. The number of carbonyl (C=O) groups excluding carboxylic acids is 3. The van der Waals surface area contributed by atoms with Gasteiger partial charge >= 0.3 is 5.97 Å². The van der Waals surface area contributed by atoms with Crippen LogP contribution in [0.4, 0.5) is 0 Å². The van der Waals surface area contributed by atoms with Crippen molar-refractivity contribution in [3.8, 4) is 0 Å². The number of likely N-dealkylation sites (tertiary alicyclic amines) is 1. The van der Waals surface area contributed by atoms with Gasteiger partial charge in [-0.1, -0.05) is 27.7 Å². The van der Waals surface area contributed by atoms with E-state index in [-0.39, 0.29) is 11.8 Å². The molecule has 7 N–H and O–H groups in total. The van der Waals surface area contributed by atoms with Gasteiger partial charge in [-0.15, -0.1) is 0 Å². The number of aliphatic carboxylic acids is 1. The zero-order valence-corrected chi connectivity index (χ0v) is 19.8. The second kappa shape index (κ2) is 13.4. The fourth-order valence-electron chi connectivity index (χ4n) is 3.89. The van der Waals surface area contributed by atoms with Crippen LogP contribution in [0.5, 0.6) is 0 Å². The summed E-state index contributed by atoms with van der Waals surface area (Å²) in [4.78, 5) is 51.5. The first kappa shape index (κ1) is 27.8. The lowest BCUT2D eigenvalue weighted by Gasteiger charge is -2.31. The van der Waals surface area contributed by atoms with E-state index in [4.69, 9.17) is 11.5 Å². The average Bonchev–Trinajstić information content (AvgIpc) is 3.20. The van der Waals surface area contributed by atoms with E-state index in [2.05, 4.69) is 10.6 Å². The van der Waals surface area contributed by atoms with E-state index in [1.54, 1.807) is 13.8 Å². The van der Waals surface area contributed by atoms with Gasteiger partial charge in [0.05, 0.1) is 6.04 Å². The van der Waals surface area contributed by atoms with Crippen LogP contribution in [-0.4, -0.2) is 71.0 Å². The Kier molecular flexibility index (Phi) is 11.6. The minimum absolute atomic E-state index is 0.228. The Morgan fingerprint density at radius 1 is 1.06 bits per heavy atom. The van der Waals surface area contributed by atoms with Gasteiger partial charge in [0.15, 0.2) is 0 Å². The summed E-state index contributed by atoms with van der Waals surface area (Å²) in [5, 5.41) is 14.9. The molecule has 32 heavy (non-hydrogen) atoms. The second-order valence-corrected chi connectivity index (χ2v) is 9.34. The Labute approximate surface area is 190 Å². The predicted octanol–water partition coefficient (Wildman–Crippen LogP) is 0.190. The van der Waals surface area contributed by atoms with E-state index in [1.807, 2.05) is 13.8 Å². The van der Waals surface area contributed by atoms with Crippen LogP contribution in [0.2, 0.25) is 0 Å². The highest BCUT2D eigenvalue weighted by atomic mass is 16.4. The quantitative estimate of drug-likeness (QED) is 0.247. The molecule has 184 valence electrons. The van der Waals surface area contributed by atoms with Crippen LogP contribution in [0.3, 0.4) is 0 Å². The molecule has 0 aromatic carbocycles. The SMILES string of the molecule is CC(C)CC(N)C(=O)NC(CCCCN)C(=O)NC(C(=O)N1CCCC1C(=O)O)C(C)C. The number of carboxylic acid groups (broad SMARTS) is 1. The molecule has 4 unspecified atom stereocenters. The van der Waals surface area contributed by atoms with Gasteiger partial charge in [-0.2, -0.15) is 0 Å². The van der Waals surface area contributed by atoms with Crippen molar-refractivity contribution in [2.24, 2.45) is 23.3 Å². The van der Waals surface area contributed by atoms with E-state index >= 15 is 0 Å². The van der Waals surface area contributed by atoms with Gasteiger partial charge in [0.1, 0.15) is 18.1 Å². The molecule has 3 amide bonds. The molecule has 0 aromatic heterocycles. The maximum atomic E-state index is 13.1. The number of hydrogen-bond donors (Lipinski definition) is 5. The summed E-state index contributed by atoms with van der Waals surface area (Å²) in [5.74, 6) is -2.39. The highest BCUT2D eigenvalue weighted by Crippen LogP contribution is 2.20. The molecule has 0 saturated carbocycles. The number of nitrogens with zero attached hydrogens (tertiary/aromatic N) is 1. The number of carbonyl (C=O) groups is 4. The number of nitrogens with one attached hydrogen (secondary N) is 2. The molecule has 0 bridgehead atoms. The number of hydrogen-bond acceptors (Lipinski definition) is 6. The molecule has 1 aliphatic rings. The van der Waals surface area contributed by atoms with E-state index in [0.29, 0.717) is 51.6 Å². The van der Waals surface area contributed by atoms with Gasteiger partial charge in [-0.25, -0.2) is 4.79 Å². The van der Waals surface area contributed by atoms with E-state index in [1.165, 1.54) is 4.90 Å². The molecule has 4 atom stereocenters. The number of nitrogens with two attached hydrogens (primary N) is 2. The fourth-order valence-corrected chi connectivity index (χ4v) is 3.89. The molecule has 1 fully saturated rings. The Balaban J connectivity index is 2.94. The number of amides is 3. The highest BCUT2D eigenvalue weighted by molar-refractivity contribution is 5.94. The first-order valence-electron chi connectivity index (χ1n) is 11.6. The topological polar surface area (TPSA) is 168 Å². The third kappa shape index (κ3) is 8.38. The Bertz CT molecular complexity index is 655. The number of rotatable bonds is 13. The molecular formula is C22H41N5O5. The van der Waals surface area contributed by atoms with Crippen LogP contribution in [0.1, 0.15) is 66.2 Å². The molecule has 1 saturated heterocycles. The maximum absolute atomic E-state index is 13.1. The zero-order valence-electron chi connectivity index (χ0n) is 19.8. The van der Waals surface area contributed by atoms with Crippen molar-refractivity contribution in [1.82, 2.24) is 15.5 Å². The highest BCUT2D eigenvalue weighted by Gasteiger charge is 2.39. The lowest BCUT2D eigenvalue weighted by molar-refractivity contribution is -0.150. The summed E-state index contributed by atoms with van der Waals surface area (Å²) in [6.07, 6.45) is 3.17. The van der Waals surface area contributed by atoms with Gasteiger partial charge in [-0.05, 0) is 56.9 Å². The van der Waals surface area contributed by atoms with Crippen molar-refractivity contribution in [2.75, 3.05) is 13.1 Å². The molecule has 0 radical (unpaired) electrons. The van der Waals surface area contributed by atoms with Crippen molar-refractivity contribution in [2.45, 2.75) is 90.4 Å². The van der Waals surface area contributed by atoms with Crippen LogP contribution < -0.4 is 22.1 Å². The van der Waals surface area contributed by atoms with Crippen molar-refractivity contribution in [1.29, 1.82) is 0 Å². The van der Waals surface area contributed by atoms with Crippen molar-refractivity contribution in [3.63, 3.8) is 0 Å². The summed E-state index contributed by atoms with van der Waals surface area (Å²) >= 11 is 0. The molecule has 10 heteroatoms. The summed E-state index contributed by atoms with van der Waals surface area (Å²) in [5.41, 5.74) is 11.5. The third-order valence-corrected chi connectivity index (χ3v) is 5.69. The maximum Gasteiger partial charge on any atom is 0.326 e.